The van der Waals surface area contributed by atoms with E-state index in [0.717, 1.165) is 18.1 Å². The summed E-state index contributed by atoms with van der Waals surface area (Å²) in [6.45, 7) is 4.63. The van der Waals surface area contributed by atoms with E-state index in [0.29, 0.717) is 34.5 Å². The Hall–Kier alpha value is -4.01. The number of amides is 2. The van der Waals surface area contributed by atoms with E-state index in [-0.39, 0.29) is 0 Å². The molecule has 1 aromatic heterocycles. The van der Waals surface area contributed by atoms with Gasteiger partial charge in [-0.15, -0.1) is 0 Å². The van der Waals surface area contributed by atoms with Crippen LogP contribution in [-0.2, 0) is 0 Å². The Balaban J connectivity index is 1.64. The summed E-state index contributed by atoms with van der Waals surface area (Å²) in [7, 11) is 3.06. The molecule has 31 heavy (non-hydrogen) atoms. The number of aryl methyl sites for hydroxylation is 1. The predicted octanol–water partition coefficient (Wildman–Crippen LogP) is 4.62. The van der Waals surface area contributed by atoms with Gasteiger partial charge < -0.3 is 30.7 Å². The number of carbonyl (C=O) groups excluding carboxylic acids is 1. The van der Waals surface area contributed by atoms with Gasteiger partial charge >= 0.3 is 6.03 Å². The molecule has 0 unspecified atom stereocenters. The molecule has 0 saturated heterocycles. The highest BCUT2D eigenvalue weighted by molar-refractivity contribution is 6.01. The van der Waals surface area contributed by atoms with Gasteiger partial charge in [-0.1, -0.05) is 6.07 Å². The fourth-order valence-corrected chi connectivity index (χ4v) is 2.96. The SMILES string of the molecule is CCNc1cc(Nc2ccc(NC(=O)Nc3cccc(OC)c3OC)cc2)nc(C)n1. The van der Waals surface area contributed by atoms with Gasteiger partial charge in [0.1, 0.15) is 17.5 Å². The maximum absolute atomic E-state index is 12.4. The quantitative estimate of drug-likeness (QED) is 0.419. The van der Waals surface area contributed by atoms with Crippen molar-refractivity contribution in [3.05, 3.63) is 54.4 Å². The second-order valence-corrected chi connectivity index (χ2v) is 6.54. The zero-order valence-electron chi connectivity index (χ0n) is 17.9. The molecule has 0 spiro atoms. The van der Waals surface area contributed by atoms with Crippen LogP contribution in [0.15, 0.2) is 48.5 Å². The third-order valence-corrected chi connectivity index (χ3v) is 4.26. The van der Waals surface area contributed by atoms with Crippen LogP contribution in [0.3, 0.4) is 0 Å². The molecule has 0 atom stereocenters. The third kappa shape index (κ3) is 5.75. The van der Waals surface area contributed by atoms with E-state index >= 15 is 0 Å². The first-order valence-corrected chi connectivity index (χ1v) is 9.78. The van der Waals surface area contributed by atoms with Gasteiger partial charge in [0.05, 0.1) is 19.9 Å². The van der Waals surface area contributed by atoms with Crippen LogP contribution in [0.4, 0.5) is 33.5 Å². The smallest absolute Gasteiger partial charge is 0.323 e. The summed E-state index contributed by atoms with van der Waals surface area (Å²) in [6, 6.07) is 14.0. The molecule has 9 heteroatoms. The van der Waals surface area contributed by atoms with Crippen molar-refractivity contribution in [2.24, 2.45) is 0 Å². The number of nitrogens with zero attached hydrogens (tertiary/aromatic N) is 2. The summed E-state index contributed by atoms with van der Waals surface area (Å²) in [4.78, 5) is 21.1. The molecule has 162 valence electrons. The van der Waals surface area contributed by atoms with Gasteiger partial charge in [0, 0.05) is 24.0 Å². The average Bonchev–Trinajstić information content (AvgIpc) is 2.74. The maximum Gasteiger partial charge on any atom is 0.323 e. The van der Waals surface area contributed by atoms with Crippen LogP contribution in [0, 0.1) is 6.92 Å². The largest absolute Gasteiger partial charge is 0.493 e. The number of benzene rings is 2. The number of ether oxygens (including phenoxy) is 2. The topological polar surface area (TPSA) is 109 Å². The number of para-hydroxylation sites is 1. The first kappa shape index (κ1) is 21.7. The molecule has 0 fully saturated rings. The summed E-state index contributed by atoms with van der Waals surface area (Å²) in [6.07, 6.45) is 0. The standard InChI is InChI=1S/C22H26N6O3/c1-5-23-19-13-20(25-14(2)24-19)26-15-9-11-16(12-10-15)27-22(29)28-17-7-6-8-18(30-3)21(17)31-4/h6-13H,5H2,1-4H3,(H2,27,28,29)(H2,23,24,25,26). The Morgan fingerprint density at radius 3 is 2.32 bits per heavy atom. The first-order valence-electron chi connectivity index (χ1n) is 9.78. The lowest BCUT2D eigenvalue weighted by atomic mass is 10.2. The summed E-state index contributed by atoms with van der Waals surface area (Å²) >= 11 is 0. The number of nitrogens with one attached hydrogen (secondary N) is 4. The Kier molecular flexibility index (Phi) is 7.10. The fraction of sp³-hybridized carbons (Fsp3) is 0.227. The lowest BCUT2D eigenvalue weighted by Gasteiger charge is -2.14. The number of hydrogen-bond acceptors (Lipinski definition) is 7. The lowest BCUT2D eigenvalue weighted by molar-refractivity contribution is 0.262. The summed E-state index contributed by atoms with van der Waals surface area (Å²) in [5.41, 5.74) is 1.98. The molecule has 0 aliphatic heterocycles. The number of urea groups is 1. The van der Waals surface area contributed by atoms with E-state index in [1.807, 2.05) is 32.0 Å². The molecule has 2 amide bonds. The van der Waals surface area contributed by atoms with Crippen molar-refractivity contribution in [3.8, 4) is 11.5 Å². The molecule has 3 aromatic rings. The van der Waals surface area contributed by atoms with E-state index in [1.165, 1.54) is 7.11 Å². The highest BCUT2D eigenvalue weighted by atomic mass is 16.5. The van der Waals surface area contributed by atoms with E-state index in [2.05, 4.69) is 31.2 Å². The lowest BCUT2D eigenvalue weighted by Crippen LogP contribution is -2.19. The molecule has 0 aliphatic rings. The normalized spacial score (nSPS) is 10.2. The van der Waals surface area contributed by atoms with Crippen LogP contribution in [-0.4, -0.2) is 36.8 Å². The number of rotatable bonds is 8. The molecule has 9 nitrogen and oxygen atoms in total. The van der Waals surface area contributed by atoms with Gasteiger partial charge in [-0.25, -0.2) is 14.8 Å². The van der Waals surface area contributed by atoms with Crippen molar-refractivity contribution in [3.63, 3.8) is 0 Å². The van der Waals surface area contributed by atoms with Crippen molar-refractivity contribution in [2.45, 2.75) is 13.8 Å². The number of methoxy groups -OCH3 is 2. The molecular weight excluding hydrogens is 396 g/mol. The second-order valence-electron chi connectivity index (χ2n) is 6.54. The Morgan fingerprint density at radius 1 is 0.935 bits per heavy atom. The van der Waals surface area contributed by atoms with Gasteiger partial charge in [0.15, 0.2) is 11.5 Å². The summed E-state index contributed by atoms with van der Waals surface area (Å²) < 4.78 is 10.6. The minimum absolute atomic E-state index is 0.394. The molecular formula is C22H26N6O3. The van der Waals surface area contributed by atoms with E-state index in [1.54, 1.807) is 37.4 Å². The van der Waals surface area contributed by atoms with Crippen molar-refractivity contribution < 1.29 is 14.3 Å². The first-order chi connectivity index (χ1) is 15.0. The van der Waals surface area contributed by atoms with Crippen LogP contribution < -0.4 is 30.7 Å². The average molecular weight is 422 g/mol. The van der Waals surface area contributed by atoms with Gasteiger partial charge in [-0.2, -0.15) is 0 Å². The van der Waals surface area contributed by atoms with Crippen LogP contribution in [0.1, 0.15) is 12.7 Å². The highest BCUT2D eigenvalue weighted by Gasteiger charge is 2.12. The Bertz CT molecular complexity index is 1040. The fourth-order valence-electron chi connectivity index (χ4n) is 2.96. The molecule has 0 radical (unpaired) electrons. The molecule has 0 bridgehead atoms. The minimum atomic E-state index is -0.394. The van der Waals surface area contributed by atoms with Crippen LogP contribution in [0.25, 0.3) is 0 Å². The number of carbonyl (C=O) groups is 1. The summed E-state index contributed by atoms with van der Waals surface area (Å²) in [5.74, 6) is 3.11. The number of aromatic nitrogens is 2. The van der Waals surface area contributed by atoms with Crippen molar-refractivity contribution >= 4 is 34.7 Å². The molecule has 4 N–H and O–H groups in total. The molecule has 0 saturated carbocycles. The number of anilines is 5. The zero-order chi connectivity index (χ0) is 22.2. The maximum atomic E-state index is 12.4. The monoisotopic (exact) mass is 422 g/mol. The molecule has 2 aromatic carbocycles. The van der Waals surface area contributed by atoms with Gasteiger partial charge in [-0.3, -0.25) is 0 Å². The third-order valence-electron chi connectivity index (χ3n) is 4.26. The molecule has 1 heterocycles. The van der Waals surface area contributed by atoms with Crippen molar-refractivity contribution in [1.82, 2.24) is 9.97 Å². The molecule has 3 rings (SSSR count). The van der Waals surface area contributed by atoms with Crippen LogP contribution >= 0.6 is 0 Å². The van der Waals surface area contributed by atoms with E-state index in [4.69, 9.17) is 9.47 Å². The van der Waals surface area contributed by atoms with Crippen molar-refractivity contribution in [2.75, 3.05) is 42.0 Å². The van der Waals surface area contributed by atoms with Gasteiger partial charge in [-0.05, 0) is 50.2 Å². The summed E-state index contributed by atoms with van der Waals surface area (Å²) in [5, 5.41) is 12.0. The van der Waals surface area contributed by atoms with Gasteiger partial charge in [0.2, 0.25) is 0 Å². The van der Waals surface area contributed by atoms with E-state index in [9.17, 15) is 4.79 Å². The van der Waals surface area contributed by atoms with Crippen LogP contribution in [0.5, 0.6) is 11.5 Å². The zero-order valence-corrected chi connectivity index (χ0v) is 17.9. The molecule has 0 aliphatic carbocycles. The second kappa shape index (κ2) is 10.1. The minimum Gasteiger partial charge on any atom is -0.493 e. The highest BCUT2D eigenvalue weighted by Crippen LogP contribution is 2.34. The van der Waals surface area contributed by atoms with Gasteiger partial charge in [0.25, 0.3) is 0 Å². The predicted molar refractivity (Wildman–Crippen MR) is 123 cm³/mol. The number of hydrogen-bond donors (Lipinski definition) is 4. The Morgan fingerprint density at radius 2 is 1.65 bits per heavy atom. The Labute approximate surface area is 181 Å². The van der Waals surface area contributed by atoms with E-state index < -0.39 is 6.03 Å². The van der Waals surface area contributed by atoms with Crippen molar-refractivity contribution in [1.29, 1.82) is 0 Å². The van der Waals surface area contributed by atoms with Crippen LogP contribution in [0.2, 0.25) is 0 Å².